The first-order chi connectivity index (χ1) is 11.3. The number of allylic oxidation sites excluding steroid dienone is 1. The molecule has 0 fully saturated rings. The highest BCUT2D eigenvalue weighted by Gasteiger charge is 2.35. The summed E-state index contributed by atoms with van der Waals surface area (Å²) in [6.07, 6.45) is 7.34. The zero-order valence-corrected chi connectivity index (χ0v) is 15.8. The van der Waals surface area contributed by atoms with Crippen LogP contribution >= 0.6 is 0 Å². The minimum atomic E-state index is -0.0249. The maximum Gasteiger partial charge on any atom is 0.232 e. The first-order valence-corrected chi connectivity index (χ1v) is 8.96. The number of rotatable bonds is 10. The number of quaternary nitrogens is 1. The number of unbranched alkanes of at least 4 members (excludes halogenated alkanes) is 3. The smallest absolute Gasteiger partial charge is 0.232 e. The summed E-state index contributed by atoms with van der Waals surface area (Å²) in [7, 11) is 2.13. The van der Waals surface area contributed by atoms with E-state index in [1.807, 2.05) is 13.8 Å². The highest BCUT2D eigenvalue weighted by molar-refractivity contribution is 6.43. The molecule has 0 radical (unpaired) electrons. The van der Waals surface area contributed by atoms with Gasteiger partial charge in [-0.1, -0.05) is 38.8 Å². The Morgan fingerprint density at radius 2 is 2.04 bits per heavy atom. The fourth-order valence-corrected chi connectivity index (χ4v) is 2.90. The van der Waals surface area contributed by atoms with Gasteiger partial charge in [-0.2, -0.15) is 0 Å². The van der Waals surface area contributed by atoms with Crippen molar-refractivity contribution in [1.82, 2.24) is 0 Å². The van der Waals surface area contributed by atoms with Gasteiger partial charge in [-0.15, -0.1) is 0 Å². The molecule has 2 N–H and O–H groups in total. The van der Waals surface area contributed by atoms with Crippen LogP contribution in [0.25, 0.3) is 0 Å². The zero-order valence-electron chi connectivity index (χ0n) is 15.8. The van der Waals surface area contributed by atoms with Gasteiger partial charge < -0.3 is 9.47 Å². The lowest BCUT2D eigenvalue weighted by molar-refractivity contribution is -0.948. The molecule has 0 aromatic carbocycles. The molecule has 0 saturated carbocycles. The van der Waals surface area contributed by atoms with Gasteiger partial charge in [-0.05, 0) is 13.3 Å². The van der Waals surface area contributed by atoms with Crippen molar-refractivity contribution in [2.24, 2.45) is 0 Å². The van der Waals surface area contributed by atoms with Crippen LogP contribution in [0.5, 0.6) is 0 Å². The summed E-state index contributed by atoms with van der Waals surface area (Å²) in [6.45, 7) is 12.0. The van der Waals surface area contributed by atoms with E-state index in [0.717, 1.165) is 31.4 Å². The number of ether oxygens (including phenoxy) is 2. The SMILES string of the molecule is C=C(C)OC(C)[N+]1(C)CCC=C(C(=N)C(=N)OCCCCCC)C1. The van der Waals surface area contributed by atoms with Gasteiger partial charge in [0.05, 0.1) is 26.0 Å². The average molecular weight is 337 g/mol. The van der Waals surface area contributed by atoms with Crippen LogP contribution in [0.1, 0.15) is 52.9 Å². The van der Waals surface area contributed by atoms with E-state index < -0.39 is 0 Å². The average Bonchev–Trinajstić information content (AvgIpc) is 2.53. The minimum Gasteiger partial charge on any atom is -0.477 e. The molecule has 0 saturated heterocycles. The number of hydrogen-bond donors (Lipinski definition) is 2. The first kappa shape index (κ1) is 20.4. The van der Waals surface area contributed by atoms with E-state index in [4.69, 9.17) is 20.3 Å². The third-order valence-electron chi connectivity index (χ3n) is 4.60. The molecule has 136 valence electrons. The van der Waals surface area contributed by atoms with Crippen molar-refractivity contribution in [3.63, 3.8) is 0 Å². The van der Waals surface area contributed by atoms with Crippen LogP contribution in [0.2, 0.25) is 0 Å². The Morgan fingerprint density at radius 3 is 2.67 bits per heavy atom. The first-order valence-electron chi connectivity index (χ1n) is 8.96. The highest BCUT2D eigenvalue weighted by Crippen LogP contribution is 2.23. The second kappa shape index (κ2) is 9.62. The molecule has 1 aliphatic heterocycles. The van der Waals surface area contributed by atoms with Crippen LogP contribution in [0, 0.1) is 10.8 Å². The van der Waals surface area contributed by atoms with Gasteiger partial charge in [-0.25, -0.2) is 0 Å². The third kappa shape index (κ3) is 6.11. The molecule has 0 bridgehead atoms. The monoisotopic (exact) mass is 336 g/mol. The third-order valence-corrected chi connectivity index (χ3v) is 4.60. The van der Waals surface area contributed by atoms with Crippen molar-refractivity contribution in [2.45, 2.75) is 59.1 Å². The molecule has 1 rings (SSSR count). The van der Waals surface area contributed by atoms with Crippen LogP contribution in [0.4, 0.5) is 0 Å². The predicted molar refractivity (Wildman–Crippen MR) is 99.5 cm³/mol. The Bertz CT molecular complexity index is 499. The maximum absolute atomic E-state index is 8.28. The van der Waals surface area contributed by atoms with Crippen LogP contribution < -0.4 is 0 Å². The van der Waals surface area contributed by atoms with Crippen LogP contribution in [0.15, 0.2) is 24.0 Å². The summed E-state index contributed by atoms with van der Waals surface area (Å²) in [5.74, 6) is 0.691. The Labute approximate surface area is 146 Å². The lowest BCUT2D eigenvalue weighted by Crippen LogP contribution is -2.55. The van der Waals surface area contributed by atoms with Gasteiger partial charge in [0.1, 0.15) is 12.3 Å². The largest absolute Gasteiger partial charge is 0.477 e. The number of likely N-dealkylation sites (N-methyl/N-ethyl adjacent to an activating group) is 1. The Kier molecular flexibility index (Phi) is 8.19. The van der Waals surface area contributed by atoms with E-state index in [2.05, 4.69) is 26.6 Å². The normalized spacial score (nSPS) is 21.6. The van der Waals surface area contributed by atoms with Crippen molar-refractivity contribution in [3.8, 4) is 0 Å². The van der Waals surface area contributed by atoms with Gasteiger partial charge in [0.15, 0.2) is 0 Å². The van der Waals surface area contributed by atoms with Crippen LogP contribution in [-0.4, -0.2) is 49.1 Å². The molecule has 1 heterocycles. The van der Waals surface area contributed by atoms with Gasteiger partial charge in [0, 0.05) is 18.9 Å². The molecule has 2 atom stereocenters. The molecule has 0 aromatic heterocycles. The van der Waals surface area contributed by atoms with E-state index in [1.165, 1.54) is 12.8 Å². The van der Waals surface area contributed by atoms with E-state index in [0.29, 0.717) is 23.4 Å². The van der Waals surface area contributed by atoms with Crippen molar-refractivity contribution in [2.75, 3.05) is 26.7 Å². The van der Waals surface area contributed by atoms with Crippen molar-refractivity contribution < 1.29 is 14.0 Å². The molecule has 0 amide bonds. The van der Waals surface area contributed by atoms with E-state index >= 15 is 0 Å². The molecule has 5 nitrogen and oxygen atoms in total. The molecule has 0 aromatic rings. The number of hydrogen-bond acceptors (Lipinski definition) is 4. The zero-order chi connectivity index (χ0) is 18.2. The topological polar surface area (TPSA) is 66.2 Å². The van der Waals surface area contributed by atoms with E-state index in [1.54, 1.807) is 0 Å². The summed E-state index contributed by atoms with van der Waals surface area (Å²) >= 11 is 0. The fourth-order valence-electron chi connectivity index (χ4n) is 2.90. The fraction of sp³-hybridized carbons (Fsp3) is 0.684. The molecule has 1 aliphatic rings. The van der Waals surface area contributed by atoms with E-state index in [-0.39, 0.29) is 17.8 Å². The van der Waals surface area contributed by atoms with Crippen molar-refractivity contribution in [1.29, 1.82) is 10.8 Å². The molecular formula is C19H34N3O2+. The standard InChI is InChI=1S/C19H34N3O2/c1-6-7-8-9-13-23-19(21)18(20)17-11-10-12-22(5,14-17)16(4)24-15(2)3/h11,16,20-21H,2,6-10,12-14H2,1,3-5H3/q+1. The number of nitrogens with one attached hydrogen (secondary N) is 2. The Hall–Kier alpha value is -1.62. The number of nitrogens with zero attached hydrogens (tertiary/aromatic N) is 1. The lowest BCUT2D eigenvalue weighted by atomic mass is 10.0. The summed E-state index contributed by atoms with van der Waals surface area (Å²) in [5.41, 5.74) is 1.08. The van der Waals surface area contributed by atoms with Crippen molar-refractivity contribution in [3.05, 3.63) is 24.0 Å². The molecular weight excluding hydrogens is 302 g/mol. The van der Waals surface area contributed by atoms with Gasteiger partial charge in [-0.3, -0.25) is 15.3 Å². The second-order valence-corrected chi connectivity index (χ2v) is 6.91. The molecule has 5 heteroatoms. The second-order valence-electron chi connectivity index (χ2n) is 6.91. The maximum atomic E-state index is 8.28. The molecule has 0 spiro atoms. The predicted octanol–water partition coefficient (Wildman–Crippen LogP) is 4.25. The molecule has 2 unspecified atom stereocenters. The quantitative estimate of drug-likeness (QED) is 0.206. The summed E-state index contributed by atoms with van der Waals surface area (Å²) in [5, 5.41) is 16.3. The van der Waals surface area contributed by atoms with Crippen LogP contribution in [-0.2, 0) is 9.47 Å². The highest BCUT2D eigenvalue weighted by atomic mass is 16.5. The van der Waals surface area contributed by atoms with Crippen LogP contribution in [0.3, 0.4) is 0 Å². The van der Waals surface area contributed by atoms with Gasteiger partial charge >= 0.3 is 0 Å². The lowest BCUT2D eigenvalue weighted by Gasteiger charge is -2.42. The Morgan fingerprint density at radius 1 is 1.33 bits per heavy atom. The summed E-state index contributed by atoms with van der Waals surface area (Å²) in [4.78, 5) is 0. The molecule has 0 aliphatic carbocycles. The minimum absolute atomic E-state index is 0.0142. The van der Waals surface area contributed by atoms with Crippen molar-refractivity contribution >= 4 is 11.6 Å². The molecule has 24 heavy (non-hydrogen) atoms. The van der Waals surface area contributed by atoms with E-state index in [9.17, 15) is 0 Å². The van der Waals surface area contributed by atoms with Gasteiger partial charge in [0.25, 0.3) is 0 Å². The van der Waals surface area contributed by atoms with Gasteiger partial charge in [0.2, 0.25) is 12.1 Å². The summed E-state index contributed by atoms with van der Waals surface area (Å²) in [6, 6.07) is 0. The Balaban J connectivity index is 2.56. The summed E-state index contributed by atoms with van der Waals surface area (Å²) < 4.78 is 11.9.